The second-order valence-electron chi connectivity index (χ2n) is 6.26. The zero-order valence-electron chi connectivity index (χ0n) is 16.6. The molecular formula is C20H24FN5O2. The van der Waals surface area contributed by atoms with Crippen molar-refractivity contribution in [1.82, 2.24) is 15.3 Å². The Morgan fingerprint density at radius 3 is 2.61 bits per heavy atom. The van der Waals surface area contributed by atoms with Crippen molar-refractivity contribution in [2.24, 2.45) is 0 Å². The van der Waals surface area contributed by atoms with Gasteiger partial charge in [0.1, 0.15) is 11.6 Å². The van der Waals surface area contributed by atoms with E-state index in [9.17, 15) is 9.18 Å². The molecule has 2 aromatic rings. The van der Waals surface area contributed by atoms with Crippen molar-refractivity contribution in [3.8, 4) is 5.88 Å². The molecule has 0 atom stereocenters. The maximum atomic E-state index is 13.8. The Balaban J connectivity index is 2.30. The predicted octanol–water partition coefficient (Wildman–Crippen LogP) is 3.53. The standard InChI is InChI=1S/C20H24FN5O2/c1-6-15-13(4)23-20(26-19(15)28-5)25-17(9-12(3)22)24-18(27)14-8-7-11(2)16(21)10-14/h7-10,22H,6H2,1-5H3,(H,24,27)(H,23,25,26)/b17-9-,22-12?. The number of aromatic nitrogens is 2. The maximum absolute atomic E-state index is 13.8. The van der Waals surface area contributed by atoms with E-state index in [1.165, 1.54) is 31.4 Å². The molecule has 3 N–H and O–H groups in total. The van der Waals surface area contributed by atoms with Crippen LogP contribution in [0.3, 0.4) is 0 Å². The highest BCUT2D eigenvalue weighted by molar-refractivity contribution is 5.97. The van der Waals surface area contributed by atoms with Gasteiger partial charge < -0.3 is 20.8 Å². The Kier molecular flexibility index (Phi) is 6.81. The van der Waals surface area contributed by atoms with Crippen molar-refractivity contribution < 1.29 is 13.9 Å². The highest BCUT2D eigenvalue weighted by Crippen LogP contribution is 2.21. The third-order valence-electron chi connectivity index (χ3n) is 4.01. The van der Waals surface area contributed by atoms with Crippen LogP contribution in [0.5, 0.6) is 5.88 Å². The lowest BCUT2D eigenvalue weighted by Crippen LogP contribution is -2.28. The average molecular weight is 385 g/mol. The number of allylic oxidation sites excluding steroid dienone is 1. The van der Waals surface area contributed by atoms with E-state index in [1.54, 1.807) is 13.8 Å². The molecule has 7 nitrogen and oxygen atoms in total. The number of amides is 1. The second-order valence-corrected chi connectivity index (χ2v) is 6.26. The molecule has 0 spiro atoms. The van der Waals surface area contributed by atoms with Crippen molar-refractivity contribution >= 4 is 17.6 Å². The zero-order chi connectivity index (χ0) is 20.8. The summed E-state index contributed by atoms with van der Waals surface area (Å²) in [6, 6.07) is 4.23. The van der Waals surface area contributed by atoms with E-state index in [0.29, 0.717) is 17.9 Å². The van der Waals surface area contributed by atoms with Crippen LogP contribution in [0.1, 0.15) is 41.0 Å². The van der Waals surface area contributed by atoms with Gasteiger partial charge in [0.15, 0.2) is 0 Å². The van der Waals surface area contributed by atoms with E-state index in [-0.39, 0.29) is 23.0 Å². The number of carbonyl (C=O) groups excluding carboxylic acids is 1. The summed E-state index contributed by atoms with van der Waals surface area (Å²) in [5.74, 6) is -0.130. The minimum absolute atomic E-state index is 0.162. The minimum atomic E-state index is -0.521. The average Bonchev–Trinajstić information content (AvgIpc) is 2.62. The lowest BCUT2D eigenvalue weighted by molar-refractivity contribution is 0.0966. The first-order valence-corrected chi connectivity index (χ1v) is 8.78. The third-order valence-corrected chi connectivity index (χ3v) is 4.01. The molecule has 0 aliphatic rings. The summed E-state index contributed by atoms with van der Waals surface area (Å²) < 4.78 is 19.1. The largest absolute Gasteiger partial charge is 0.481 e. The van der Waals surface area contributed by atoms with Crippen LogP contribution in [-0.4, -0.2) is 28.7 Å². The number of carbonyl (C=O) groups is 1. The van der Waals surface area contributed by atoms with Crippen molar-refractivity contribution in [3.05, 3.63) is 58.3 Å². The van der Waals surface area contributed by atoms with Crippen molar-refractivity contribution in [2.45, 2.75) is 34.1 Å². The van der Waals surface area contributed by atoms with Gasteiger partial charge in [-0.2, -0.15) is 4.98 Å². The van der Waals surface area contributed by atoms with E-state index in [0.717, 1.165) is 11.3 Å². The SMILES string of the molecule is CCc1c(C)nc(N/C(=C\C(C)=N)NC(=O)c2ccc(C)c(F)c2)nc1OC. The Morgan fingerprint density at radius 2 is 2.04 bits per heavy atom. The third kappa shape index (κ3) is 5.12. The molecule has 0 bridgehead atoms. The molecule has 28 heavy (non-hydrogen) atoms. The molecule has 0 aliphatic heterocycles. The van der Waals surface area contributed by atoms with Gasteiger partial charge in [-0.05, 0) is 51.0 Å². The van der Waals surface area contributed by atoms with E-state index in [1.807, 2.05) is 13.8 Å². The first-order chi connectivity index (χ1) is 13.2. The summed E-state index contributed by atoms with van der Waals surface area (Å²) in [4.78, 5) is 21.2. The van der Waals surface area contributed by atoms with Crippen LogP contribution >= 0.6 is 0 Å². The summed E-state index contributed by atoms with van der Waals surface area (Å²) in [6.45, 7) is 7.00. The van der Waals surface area contributed by atoms with Crippen LogP contribution < -0.4 is 15.4 Å². The zero-order valence-corrected chi connectivity index (χ0v) is 16.6. The number of aryl methyl sites for hydroxylation is 2. The normalized spacial score (nSPS) is 11.1. The van der Waals surface area contributed by atoms with Crippen LogP contribution in [0.25, 0.3) is 0 Å². The molecule has 1 aromatic carbocycles. The van der Waals surface area contributed by atoms with Gasteiger partial charge in [-0.15, -0.1) is 0 Å². The number of hydrogen-bond acceptors (Lipinski definition) is 6. The van der Waals surface area contributed by atoms with E-state index < -0.39 is 11.7 Å². The van der Waals surface area contributed by atoms with E-state index in [4.69, 9.17) is 10.1 Å². The Hall–Kier alpha value is -3.29. The van der Waals surface area contributed by atoms with Gasteiger partial charge >= 0.3 is 0 Å². The number of hydrogen-bond donors (Lipinski definition) is 3. The second kappa shape index (κ2) is 9.07. The monoisotopic (exact) mass is 385 g/mol. The fourth-order valence-electron chi connectivity index (χ4n) is 2.57. The van der Waals surface area contributed by atoms with Gasteiger partial charge in [-0.1, -0.05) is 13.0 Å². The van der Waals surface area contributed by atoms with Crippen molar-refractivity contribution in [2.75, 3.05) is 12.4 Å². The van der Waals surface area contributed by atoms with Crippen LogP contribution in [0.15, 0.2) is 30.1 Å². The molecule has 0 saturated carbocycles. The van der Waals surface area contributed by atoms with Crippen molar-refractivity contribution in [1.29, 1.82) is 5.41 Å². The summed E-state index contributed by atoms with van der Waals surface area (Å²) in [5, 5.41) is 13.2. The number of rotatable bonds is 7. The number of anilines is 1. The number of halogens is 1. The van der Waals surface area contributed by atoms with Crippen LogP contribution in [0, 0.1) is 25.1 Å². The lowest BCUT2D eigenvalue weighted by Gasteiger charge is -2.15. The smallest absolute Gasteiger partial charge is 0.256 e. The van der Waals surface area contributed by atoms with Crippen LogP contribution in [0.4, 0.5) is 10.3 Å². The molecular weight excluding hydrogens is 361 g/mol. The molecule has 0 saturated heterocycles. The van der Waals surface area contributed by atoms with Gasteiger partial charge in [-0.3, -0.25) is 4.79 Å². The number of nitrogens with zero attached hydrogens (tertiary/aromatic N) is 2. The number of nitrogens with one attached hydrogen (secondary N) is 3. The topological polar surface area (TPSA) is 100.0 Å². The molecule has 0 aliphatic carbocycles. The van der Waals surface area contributed by atoms with Gasteiger partial charge in [-0.25, -0.2) is 9.37 Å². The number of ether oxygens (including phenoxy) is 1. The van der Waals surface area contributed by atoms with Gasteiger partial charge in [0.25, 0.3) is 5.91 Å². The molecule has 8 heteroatoms. The van der Waals surface area contributed by atoms with E-state index >= 15 is 0 Å². The Bertz CT molecular complexity index is 940. The van der Waals surface area contributed by atoms with Crippen LogP contribution in [0.2, 0.25) is 0 Å². The first-order valence-electron chi connectivity index (χ1n) is 8.78. The summed E-state index contributed by atoms with van der Waals surface area (Å²) in [6.07, 6.45) is 2.13. The fourth-order valence-corrected chi connectivity index (χ4v) is 2.57. The molecule has 2 rings (SSSR count). The Labute approximate surface area is 163 Å². The highest BCUT2D eigenvalue weighted by Gasteiger charge is 2.14. The fraction of sp³-hybridized carbons (Fsp3) is 0.300. The summed E-state index contributed by atoms with van der Waals surface area (Å²) in [7, 11) is 1.52. The molecule has 1 aromatic heterocycles. The molecule has 0 radical (unpaired) electrons. The maximum Gasteiger partial charge on any atom is 0.256 e. The quantitative estimate of drug-likeness (QED) is 0.633. The van der Waals surface area contributed by atoms with Gasteiger partial charge in [0, 0.05) is 22.5 Å². The lowest BCUT2D eigenvalue weighted by atomic mass is 10.1. The molecule has 0 fully saturated rings. The van der Waals surface area contributed by atoms with E-state index in [2.05, 4.69) is 20.6 Å². The molecule has 1 amide bonds. The van der Waals surface area contributed by atoms with Gasteiger partial charge in [0.2, 0.25) is 11.8 Å². The highest BCUT2D eigenvalue weighted by atomic mass is 19.1. The van der Waals surface area contributed by atoms with Crippen molar-refractivity contribution in [3.63, 3.8) is 0 Å². The first kappa shape index (κ1) is 21.0. The molecule has 148 valence electrons. The summed E-state index contributed by atoms with van der Waals surface area (Å²) >= 11 is 0. The predicted molar refractivity (Wildman–Crippen MR) is 106 cm³/mol. The number of benzene rings is 1. The molecule has 0 unspecified atom stereocenters. The number of methoxy groups -OCH3 is 1. The van der Waals surface area contributed by atoms with Crippen LogP contribution in [-0.2, 0) is 6.42 Å². The summed E-state index contributed by atoms with van der Waals surface area (Å²) in [5.41, 5.74) is 2.45. The minimum Gasteiger partial charge on any atom is -0.481 e. The molecule has 1 heterocycles. The van der Waals surface area contributed by atoms with Gasteiger partial charge in [0.05, 0.1) is 7.11 Å². The Morgan fingerprint density at radius 1 is 1.32 bits per heavy atom.